The Morgan fingerprint density at radius 2 is 2.04 bits per heavy atom. The van der Waals surface area contributed by atoms with Crippen LogP contribution in [0, 0.1) is 5.82 Å². The van der Waals surface area contributed by atoms with Gasteiger partial charge in [-0.25, -0.2) is 9.18 Å². The number of likely N-dealkylation sites (N-methyl/N-ethyl adjacent to an activating group) is 2. The fourth-order valence-corrected chi connectivity index (χ4v) is 3.45. The van der Waals surface area contributed by atoms with Gasteiger partial charge in [0.15, 0.2) is 11.6 Å². The molecule has 1 unspecified atom stereocenters. The molecule has 1 aliphatic heterocycles. The zero-order valence-electron chi connectivity index (χ0n) is 16.0. The SMILES string of the molecule is COc1ccc(CNC(=O)N(C)CC2Cc3ccccc3CN2C)cc1F. The minimum absolute atomic E-state index is 0.168. The van der Waals surface area contributed by atoms with E-state index in [1.54, 1.807) is 24.1 Å². The Labute approximate surface area is 159 Å². The monoisotopic (exact) mass is 371 g/mol. The van der Waals surface area contributed by atoms with Crippen molar-refractivity contribution in [2.24, 2.45) is 0 Å². The van der Waals surface area contributed by atoms with Gasteiger partial charge in [-0.3, -0.25) is 4.90 Å². The van der Waals surface area contributed by atoms with Crippen LogP contribution in [0.2, 0.25) is 0 Å². The lowest BCUT2D eigenvalue weighted by atomic mass is 9.94. The number of carbonyl (C=O) groups is 1. The van der Waals surface area contributed by atoms with E-state index in [0.717, 1.165) is 13.0 Å². The number of halogens is 1. The molecule has 1 N–H and O–H groups in total. The summed E-state index contributed by atoms with van der Waals surface area (Å²) in [7, 11) is 5.31. The second kappa shape index (κ2) is 8.39. The summed E-state index contributed by atoms with van der Waals surface area (Å²) in [4.78, 5) is 16.4. The van der Waals surface area contributed by atoms with Crippen LogP contribution in [-0.2, 0) is 19.5 Å². The van der Waals surface area contributed by atoms with E-state index in [2.05, 4.69) is 41.5 Å². The van der Waals surface area contributed by atoms with Crippen LogP contribution in [0.5, 0.6) is 5.75 Å². The molecule has 0 fully saturated rings. The number of fused-ring (bicyclic) bond motifs is 1. The van der Waals surface area contributed by atoms with Crippen molar-refractivity contribution in [3.05, 3.63) is 65.0 Å². The van der Waals surface area contributed by atoms with Gasteiger partial charge in [0, 0.05) is 32.7 Å². The number of hydrogen-bond acceptors (Lipinski definition) is 3. The van der Waals surface area contributed by atoms with Crippen LogP contribution in [0.25, 0.3) is 0 Å². The molecule has 0 aromatic heterocycles. The largest absolute Gasteiger partial charge is 0.494 e. The van der Waals surface area contributed by atoms with Crippen molar-refractivity contribution in [2.75, 3.05) is 27.7 Å². The average Bonchev–Trinajstić information content (AvgIpc) is 2.66. The lowest BCUT2D eigenvalue weighted by molar-refractivity contribution is 0.159. The Kier molecular flexibility index (Phi) is 5.96. The van der Waals surface area contributed by atoms with Gasteiger partial charge in [0.25, 0.3) is 0 Å². The van der Waals surface area contributed by atoms with Gasteiger partial charge in [-0.15, -0.1) is 0 Å². The molecule has 2 amide bonds. The van der Waals surface area contributed by atoms with Gasteiger partial charge >= 0.3 is 6.03 Å². The number of ether oxygens (including phenoxy) is 1. The summed E-state index contributed by atoms with van der Waals surface area (Å²) in [6.45, 7) is 1.79. The Morgan fingerprint density at radius 3 is 2.74 bits per heavy atom. The molecule has 1 aliphatic rings. The molecule has 3 rings (SSSR count). The number of methoxy groups -OCH3 is 1. The number of benzene rings is 2. The molecule has 0 saturated carbocycles. The minimum atomic E-state index is -0.430. The van der Waals surface area contributed by atoms with Crippen LogP contribution in [0.3, 0.4) is 0 Å². The molecule has 0 radical (unpaired) electrons. The first-order valence-corrected chi connectivity index (χ1v) is 9.06. The first kappa shape index (κ1) is 19.2. The van der Waals surface area contributed by atoms with E-state index < -0.39 is 5.82 Å². The van der Waals surface area contributed by atoms with Crippen molar-refractivity contribution < 1.29 is 13.9 Å². The maximum atomic E-state index is 13.8. The molecule has 0 bridgehead atoms. The van der Waals surface area contributed by atoms with Crippen LogP contribution in [0.15, 0.2) is 42.5 Å². The fourth-order valence-electron chi connectivity index (χ4n) is 3.45. The standard InChI is InChI=1S/C21H26FN3O2/c1-24-13-17-7-5-4-6-16(17)11-18(24)14-25(2)21(26)23-12-15-8-9-20(27-3)19(22)10-15/h4-10,18H,11-14H2,1-3H3,(H,23,26). The number of carbonyl (C=O) groups excluding carboxylic acids is 1. The highest BCUT2D eigenvalue weighted by Gasteiger charge is 2.25. The quantitative estimate of drug-likeness (QED) is 0.879. The zero-order chi connectivity index (χ0) is 19.4. The van der Waals surface area contributed by atoms with Crippen molar-refractivity contribution in [2.45, 2.75) is 25.6 Å². The molecule has 2 aromatic rings. The molecular formula is C21H26FN3O2. The predicted octanol–water partition coefficient (Wildman–Crippen LogP) is 3.03. The third kappa shape index (κ3) is 4.57. The first-order chi connectivity index (χ1) is 13.0. The van der Waals surface area contributed by atoms with Crippen LogP contribution >= 0.6 is 0 Å². The van der Waals surface area contributed by atoms with Gasteiger partial charge in [-0.2, -0.15) is 0 Å². The highest BCUT2D eigenvalue weighted by atomic mass is 19.1. The van der Waals surface area contributed by atoms with Crippen LogP contribution in [-0.4, -0.2) is 49.6 Å². The summed E-state index contributed by atoms with van der Waals surface area (Å²) in [5.41, 5.74) is 3.40. The Morgan fingerprint density at radius 1 is 1.30 bits per heavy atom. The fraction of sp³-hybridized carbons (Fsp3) is 0.381. The topological polar surface area (TPSA) is 44.8 Å². The van der Waals surface area contributed by atoms with E-state index >= 15 is 0 Å². The number of nitrogens with zero attached hydrogens (tertiary/aromatic N) is 2. The van der Waals surface area contributed by atoms with Gasteiger partial charge in [0.2, 0.25) is 0 Å². The van der Waals surface area contributed by atoms with Crippen molar-refractivity contribution in [1.82, 2.24) is 15.1 Å². The molecule has 0 spiro atoms. The molecular weight excluding hydrogens is 345 g/mol. The van der Waals surface area contributed by atoms with E-state index in [0.29, 0.717) is 12.1 Å². The smallest absolute Gasteiger partial charge is 0.317 e. The minimum Gasteiger partial charge on any atom is -0.494 e. The second-order valence-electron chi connectivity index (χ2n) is 7.05. The van der Waals surface area contributed by atoms with Crippen molar-refractivity contribution in [3.63, 3.8) is 0 Å². The Hall–Kier alpha value is -2.60. The molecule has 5 nitrogen and oxygen atoms in total. The molecule has 0 saturated heterocycles. The second-order valence-corrected chi connectivity index (χ2v) is 7.05. The maximum Gasteiger partial charge on any atom is 0.317 e. The molecule has 1 atom stereocenters. The molecule has 1 heterocycles. The Bertz CT molecular complexity index is 812. The number of hydrogen-bond donors (Lipinski definition) is 1. The number of amides is 2. The normalized spacial score (nSPS) is 16.5. The van der Waals surface area contributed by atoms with E-state index in [1.165, 1.54) is 24.3 Å². The summed E-state index contributed by atoms with van der Waals surface area (Å²) in [5.74, 6) is -0.233. The molecule has 6 heteroatoms. The van der Waals surface area contributed by atoms with Crippen LogP contribution < -0.4 is 10.1 Å². The van der Waals surface area contributed by atoms with Crippen LogP contribution in [0.4, 0.5) is 9.18 Å². The molecule has 2 aromatic carbocycles. The highest BCUT2D eigenvalue weighted by Crippen LogP contribution is 2.22. The van der Waals surface area contributed by atoms with E-state index in [1.807, 2.05) is 0 Å². The lowest BCUT2D eigenvalue weighted by Crippen LogP contribution is -2.48. The van der Waals surface area contributed by atoms with Gasteiger partial charge in [-0.05, 0) is 42.3 Å². The number of urea groups is 1. The van der Waals surface area contributed by atoms with Gasteiger partial charge in [0.1, 0.15) is 0 Å². The van der Waals surface area contributed by atoms with Gasteiger partial charge in [-0.1, -0.05) is 30.3 Å². The lowest BCUT2D eigenvalue weighted by Gasteiger charge is -2.36. The van der Waals surface area contributed by atoms with Crippen molar-refractivity contribution >= 4 is 6.03 Å². The summed E-state index contributed by atoms with van der Waals surface area (Å²) < 4.78 is 18.7. The molecule has 0 aliphatic carbocycles. The van der Waals surface area contributed by atoms with E-state index in [9.17, 15) is 9.18 Å². The van der Waals surface area contributed by atoms with Crippen molar-refractivity contribution in [1.29, 1.82) is 0 Å². The van der Waals surface area contributed by atoms with Crippen LogP contribution in [0.1, 0.15) is 16.7 Å². The first-order valence-electron chi connectivity index (χ1n) is 9.06. The molecule has 27 heavy (non-hydrogen) atoms. The average molecular weight is 371 g/mol. The summed E-state index contributed by atoms with van der Waals surface area (Å²) in [6, 6.07) is 13.2. The highest BCUT2D eigenvalue weighted by molar-refractivity contribution is 5.73. The van der Waals surface area contributed by atoms with Gasteiger partial charge in [0.05, 0.1) is 7.11 Å². The third-order valence-electron chi connectivity index (χ3n) is 5.11. The summed E-state index contributed by atoms with van der Waals surface area (Å²) in [6.07, 6.45) is 0.925. The zero-order valence-corrected chi connectivity index (χ0v) is 16.0. The number of rotatable bonds is 5. The predicted molar refractivity (Wildman–Crippen MR) is 103 cm³/mol. The Balaban J connectivity index is 1.54. The summed E-state index contributed by atoms with van der Waals surface area (Å²) in [5, 5.41) is 2.85. The van der Waals surface area contributed by atoms with E-state index in [4.69, 9.17) is 4.74 Å². The third-order valence-corrected chi connectivity index (χ3v) is 5.11. The maximum absolute atomic E-state index is 13.8. The van der Waals surface area contributed by atoms with Gasteiger partial charge < -0.3 is 15.0 Å². The van der Waals surface area contributed by atoms with E-state index in [-0.39, 0.29) is 24.4 Å². The number of nitrogens with one attached hydrogen (secondary N) is 1. The summed E-state index contributed by atoms with van der Waals surface area (Å²) >= 11 is 0. The van der Waals surface area contributed by atoms with Crippen molar-refractivity contribution in [3.8, 4) is 5.75 Å². The molecule has 144 valence electrons.